The van der Waals surface area contributed by atoms with E-state index < -0.39 is 0 Å². The number of hydrogen-bond donors (Lipinski definition) is 1. The second kappa shape index (κ2) is 10.3. The molecule has 3 aliphatic heterocycles. The van der Waals surface area contributed by atoms with Crippen molar-refractivity contribution >= 4 is 17.6 Å². The first kappa shape index (κ1) is 21.9. The van der Waals surface area contributed by atoms with Crippen LogP contribution in [0.5, 0.6) is 5.75 Å². The topological polar surface area (TPSA) is 74.4 Å². The maximum absolute atomic E-state index is 13.3. The average molecular weight is 431 g/mol. The molecule has 0 bridgehead atoms. The Kier molecular flexibility index (Phi) is 7.29. The molecule has 0 aliphatic carbocycles. The van der Waals surface area contributed by atoms with Crippen LogP contribution in [0.4, 0.5) is 10.5 Å². The zero-order chi connectivity index (χ0) is 21.6. The number of ether oxygens (including phenoxy) is 2. The zero-order valence-corrected chi connectivity index (χ0v) is 18.4. The van der Waals surface area contributed by atoms with Crippen molar-refractivity contribution in [1.82, 2.24) is 15.1 Å². The van der Waals surface area contributed by atoms with Crippen molar-refractivity contribution in [2.75, 3.05) is 63.9 Å². The molecule has 8 heteroatoms. The number of rotatable bonds is 5. The number of piperidine rings is 1. The van der Waals surface area contributed by atoms with E-state index in [0.717, 1.165) is 50.7 Å². The first-order valence-electron chi connectivity index (χ1n) is 11.6. The minimum absolute atomic E-state index is 0.00799. The summed E-state index contributed by atoms with van der Waals surface area (Å²) >= 11 is 0. The largest absolute Gasteiger partial charge is 0.486 e. The number of anilines is 1. The Hall–Kier alpha value is -2.32. The van der Waals surface area contributed by atoms with Gasteiger partial charge in [0.2, 0.25) is 5.91 Å². The van der Waals surface area contributed by atoms with Crippen LogP contribution < -0.4 is 15.0 Å². The molecule has 0 saturated carbocycles. The Morgan fingerprint density at radius 2 is 1.84 bits per heavy atom. The molecule has 170 valence electrons. The van der Waals surface area contributed by atoms with Gasteiger partial charge in [-0.1, -0.05) is 19.1 Å². The van der Waals surface area contributed by atoms with Gasteiger partial charge in [0.25, 0.3) is 0 Å². The first-order valence-corrected chi connectivity index (χ1v) is 11.6. The fourth-order valence-corrected chi connectivity index (χ4v) is 4.50. The summed E-state index contributed by atoms with van der Waals surface area (Å²) in [5.41, 5.74) is 0.833. The molecule has 1 aromatic carbocycles. The minimum atomic E-state index is -0.0193. The van der Waals surface area contributed by atoms with E-state index in [4.69, 9.17) is 9.47 Å². The molecule has 2 saturated heterocycles. The fourth-order valence-electron chi connectivity index (χ4n) is 4.50. The number of nitrogens with one attached hydrogen (secondary N) is 1. The van der Waals surface area contributed by atoms with E-state index in [1.807, 2.05) is 34.1 Å². The minimum Gasteiger partial charge on any atom is -0.486 e. The Bertz CT molecular complexity index is 760. The summed E-state index contributed by atoms with van der Waals surface area (Å²) in [5, 5.41) is 3.08. The number of carbonyl (C=O) groups is 2. The van der Waals surface area contributed by atoms with E-state index in [1.54, 1.807) is 0 Å². The fraction of sp³-hybridized carbons (Fsp3) is 0.652. The van der Waals surface area contributed by atoms with Gasteiger partial charge in [0.15, 0.2) is 0 Å². The quantitative estimate of drug-likeness (QED) is 0.773. The van der Waals surface area contributed by atoms with Crippen molar-refractivity contribution in [3.63, 3.8) is 0 Å². The molecule has 0 aromatic heterocycles. The lowest BCUT2D eigenvalue weighted by molar-refractivity contribution is -0.126. The van der Waals surface area contributed by atoms with Crippen molar-refractivity contribution in [2.45, 2.75) is 32.3 Å². The maximum Gasteiger partial charge on any atom is 0.324 e. The highest BCUT2D eigenvalue weighted by Crippen LogP contribution is 2.35. The van der Waals surface area contributed by atoms with Gasteiger partial charge in [-0.15, -0.1) is 0 Å². The van der Waals surface area contributed by atoms with Crippen molar-refractivity contribution < 1.29 is 19.1 Å². The number of morpholine rings is 1. The average Bonchev–Trinajstić information content (AvgIpc) is 2.83. The van der Waals surface area contributed by atoms with Crippen LogP contribution in [0.3, 0.4) is 0 Å². The van der Waals surface area contributed by atoms with E-state index in [9.17, 15) is 9.59 Å². The first-order chi connectivity index (χ1) is 15.2. The summed E-state index contributed by atoms with van der Waals surface area (Å²) in [4.78, 5) is 31.9. The number of fused-ring (bicyclic) bond motifs is 1. The molecule has 1 atom stereocenters. The third kappa shape index (κ3) is 5.30. The summed E-state index contributed by atoms with van der Waals surface area (Å²) in [6, 6.07) is 7.74. The van der Waals surface area contributed by atoms with Crippen LogP contribution >= 0.6 is 0 Å². The normalized spacial score (nSPS) is 22.5. The van der Waals surface area contributed by atoms with E-state index in [-0.39, 0.29) is 24.0 Å². The van der Waals surface area contributed by atoms with Gasteiger partial charge in [-0.2, -0.15) is 0 Å². The van der Waals surface area contributed by atoms with Gasteiger partial charge < -0.3 is 19.7 Å². The van der Waals surface area contributed by atoms with E-state index >= 15 is 0 Å². The van der Waals surface area contributed by atoms with Crippen LogP contribution in [0.15, 0.2) is 24.3 Å². The van der Waals surface area contributed by atoms with Gasteiger partial charge in [0.1, 0.15) is 11.9 Å². The van der Waals surface area contributed by atoms with Crippen molar-refractivity contribution in [1.29, 1.82) is 0 Å². The molecule has 2 fully saturated rings. The van der Waals surface area contributed by atoms with Crippen LogP contribution in [0.1, 0.15) is 26.2 Å². The SMILES string of the molecule is CC[C@H]1CN(C(=O)N2CCC(C(=O)NCCN3CCOCC3)CC2)c2ccccc2O1. The van der Waals surface area contributed by atoms with Gasteiger partial charge in [-0.3, -0.25) is 14.6 Å². The summed E-state index contributed by atoms with van der Waals surface area (Å²) < 4.78 is 11.4. The maximum atomic E-state index is 13.3. The third-order valence-corrected chi connectivity index (χ3v) is 6.49. The molecular formula is C23H34N4O4. The Morgan fingerprint density at radius 1 is 1.10 bits per heavy atom. The second-order valence-corrected chi connectivity index (χ2v) is 8.52. The molecule has 0 unspecified atom stereocenters. The van der Waals surface area contributed by atoms with Crippen molar-refractivity contribution in [3.05, 3.63) is 24.3 Å². The molecular weight excluding hydrogens is 396 g/mol. The predicted molar refractivity (Wildman–Crippen MR) is 118 cm³/mol. The monoisotopic (exact) mass is 430 g/mol. The number of para-hydroxylation sites is 2. The van der Waals surface area contributed by atoms with Crippen molar-refractivity contribution in [3.8, 4) is 5.75 Å². The molecule has 8 nitrogen and oxygen atoms in total. The smallest absolute Gasteiger partial charge is 0.324 e. The lowest BCUT2D eigenvalue weighted by Crippen LogP contribution is -2.52. The molecule has 3 amide bonds. The van der Waals surface area contributed by atoms with Gasteiger partial charge >= 0.3 is 6.03 Å². The van der Waals surface area contributed by atoms with Crippen LogP contribution in [-0.2, 0) is 9.53 Å². The number of carbonyl (C=O) groups excluding carboxylic acids is 2. The van der Waals surface area contributed by atoms with Crippen LogP contribution in [0.2, 0.25) is 0 Å². The standard InChI is InChI=1S/C23H34N4O4/c1-2-19-17-27(20-5-3-4-6-21(20)31-19)23(29)26-10-7-18(8-11-26)22(28)24-9-12-25-13-15-30-16-14-25/h3-6,18-19H,2,7-17H2,1H3,(H,24,28)/t19-/m0/s1. The van der Waals surface area contributed by atoms with Gasteiger partial charge in [0.05, 0.1) is 25.4 Å². The van der Waals surface area contributed by atoms with Crippen LogP contribution in [0, 0.1) is 5.92 Å². The summed E-state index contributed by atoms with van der Waals surface area (Å²) in [5.74, 6) is 0.862. The van der Waals surface area contributed by atoms with Crippen LogP contribution in [-0.4, -0.2) is 86.9 Å². The number of hydrogen-bond acceptors (Lipinski definition) is 5. The molecule has 4 rings (SSSR count). The number of benzene rings is 1. The number of nitrogens with zero attached hydrogens (tertiary/aromatic N) is 3. The number of urea groups is 1. The van der Waals surface area contributed by atoms with Gasteiger partial charge in [-0.05, 0) is 31.4 Å². The Morgan fingerprint density at radius 3 is 2.58 bits per heavy atom. The highest BCUT2D eigenvalue weighted by atomic mass is 16.5. The highest BCUT2D eigenvalue weighted by molar-refractivity contribution is 5.94. The number of likely N-dealkylation sites (tertiary alicyclic amines) is 1. The lowest BCUT2D eigenvalue weighted by atomic mass is 9.96. The van der Waals surface area contributed by atoms with E-state index in [2.05, 4.69) is 17.1 Å². The summed E-state index contributed by atoms with van der Waals surface area (Å²) in [6.07, 6.45) is 2.27. The van der Waals surface area contributed by atoms with E-state index in [1.165, 1.54) is 0 Å². The van der Waals surface area contributed by atoms with Crippen molar-refractivity contribution in [2.24, 2.45) is 5.92 Å². The van der Waals surface area contributed by atoms with E-state index in [0.29, 0.717) is 39.0 Å². The summed E-state index contributed by atoms with van der Waals surface area (Å²) in [6.45, 7) is 8.79. The Balaban J connectivity index is 1.26. The molecule has 31 heavy (non-hydrogen) atoms. The molecule has 3 heterocycles. The zero-order valence-electron chi connectivity index (χ0n) is 18.4. The molecule has 3 aliphatic rings. The molecule has 1 N–H and O–H groups in total. The molecule has 0 radical (unpaired) electrons. The Labute approximate surface area is 184 Å². The number of amides is 3. The third-order valence-electron chi connectivity index (χ3n) is 6.49. The highest BCUT2D eigenvalue weighted by Gasteiger charge is 2.34. The molecule has 0 spiro atoms. The predicted octanol–water partition coefficient (Wildman–Crippen LogP) is 1.94. The summed E-state index contributed by atoms with van der Waals surface area (Å²) in [7, 11) is 0. The van der Waals surface area contributed by atoms with Gasteiger partial charge in [-0.25, -0.2) is 4.79 Å². The van der Waals surface area contributed by atoms with Crippen LogP contribution in [0.25, 0.3) is 0 Å². The lowest BCUT2D eigenvalue weighted by Gasteiger charge is -2.39. The van der Waals surface area contributed by atoms with Gasteiger partial charge in [0, 0.05) is 45.2 Å². The second-order valence-electron chi connectivity index (χ2n) is 8.52. The molecule has 1 aromatic rings.